The molecule has 0 rings (SSSR count). The third-order valence-electron chi connectivity index (χ3n) is 2.26. The highest BCUT2D eigenvalue weighted by Crippen LogP contribution is 2.23. The maximum atomic E-state index is 12.4. The third-order valence-corrected chi connectivity index (χ3v) is 2.26. The summed E-state index contributed by atoms with van der Waals surface area (Å²) >= 11 is 0. The van der Waals surface area contributed by atoms with Gasteiger partial charge in [0.05, 0.1) is 0 Å². The standard InChI is InChI=1S/C12H20F4O2/c1-11(2,3)6-4-5-9(17)7-18-8-12(15,16)10(13)14/h10H,4-8H2,1-3H3. The Bertz CT molecular complexity index is 259. The third kappa shape index (κ3) is 8.44. The summed E-state index contributed by atoms with van der Waals surface area (Å²) in [4.78, 5) is 11.2. The van der Waals surface area contributed by atoms with E-state index in [1.165, 1.54) is 0 Å². The van der Waals surface area contributed by atoms with Gasteiger partial charge in [-0.3, -0.25) is 4.79 Å². The highest BCUT2D eigenvalue weighted by molar-refractivity contribution is 5.79. The normalized spacial score (nSPS) is 13.1. The molecular weight excluding hydrogens is 252 g/mol. The second kappa shape index (κ2) is 7.07. The molecule has 0 aliphatic carbocycles. The molecule has 6 heteroatoms. The van der Waals surface area contributed by atoms with Crippen LogP contribution in [0.4, 0.5) is 17.6 Å². The molecule has 0 aliphatic rings. The fourth-order valence-electron chi connectivity index (χ4n) is 1.25. The van der Waals surface area contributed by atoms with E-state index in [0.717, 1.165) is 6.42 Å². The molecule has 18 heavy (non-hydrogen) atoms. The van der Waals surface area contributed by atoms with Gasteiger partial charge in [-0.25, -0.2) is 8.78 Å². The van der Waals surface area contributed by atoms with Gasteiger partial charge in [0.2, 0.25) is 0 Å². The summed E-state index contributed by atoms with van der Waals surface area (Å²) in [6.45, 7) is 4.12. The first kappa shape index (κ1) is 17.4. The highest BCUT2D eigenvalue weighted by atomic mass is 19.3. The van der Waals surface area contributed by atoms with Gasteiger partial charge in [-0.2, -0.15) is 8.78 Å². The van der Waals surface area contributed by atoms with E-state index >= 15 is 0 Å². The molecule has 0 atom stereocenters. The predicted octanol–water partition coefficient (Wildman–Crippen LogP) is 3.69. The van der Waals surface area contributed by atoms with Crippen LogP contribution in [0.25, 0.3) is 0 Å². The molecule has 0 amide bonds. The van der Waals surface area contributed by atoms with Crippen LogP contribution in [0.1, 0.15) is 40.0 Å². The summed E-state index contributed by atoms with van der Waals surface area (Å²) < 4.78 is 52.7. The van der Waals surface area contributed by atoms with Crippen LogP contribution in [0.5, 0.6) is 0 Å². The number of hydrogen-bond acceptors (Lipinski definition) is 2. The van der Waals surface area contributed by atoms with E-state index in [0.29, 0.717) is 6.42 Å². The average molecular weight is 272 g/mol. The number of alkyl halides is 4. The number of ketones is 1. The molecule has 0 unspecified atom stereocenters. The fraction of sp³-hybridized carbons (Fsp3) is 0.917. The smallest absolute Gasteiger partial charge is 0.330 e. The Morgan fingerprint density at radius 2 is 1.78 bits per heavy atom. The van der Waals surface area contributed by atoms with E-state index in [2.05, 4.69) is 4.74 Å². The molecule has 0 aromatic carbocycles. The minimum atomic E-state index is -4.19. The molecular formula is C12H20F4O2. The van der Waals surface area contributed by atoms with Crippen LogP contribution in [0.2, 0.25) is 0 Å². The van der Waals surface area contributed by atoms with Crippen molar-refractivity contribution in [2.75, 3.05) is 13.2 Å². The Hall–Kier alpha value is -0.650. The van der Waals surface area contributed by atoms with Gasteiger partial charge in [-0.05, 0) is 18.3 Å². The van der Waals surface area contributed by atoms with Crippen LogP contribution >= 0.6 is 0 Å². The zero-order valence-electron chi connectivity index (χ0n) is 10.9. The van der Waals surface area contributed by atoms with Crippen molar-refractivity contribution in [3.8, 4) is 0 Å². The fourth-order valence-corrected chi connectivity index (χ4v) is 1.25. The van der Waals surface area contributed by atoms with Crippen molar-refractivity contribution in [2.45, 2.75) is 52.4 Å². The topological polar surface area (TPSA) is 26.3 Å². The molecule has 0 radical (unpaired) electrons. The quantitative estimate of drug-likeness (QED) is 0.630. The van der Waals surface area contributed by atoms with Crippen LogP contribution in [0.3, 0.4) is 0 Å². The summed E-state index contributed by atoms with van der Waals surface area (Å²) in [6.07, 6.45) is -2.09. The van der Waals surface area contributed by atoms with Crippen LogP contribution in [-0.2, 0) is 9.53 Å². The number of ether oxygens (including phenoxy) is 1. The number of carbonyl (C=O) groups excluding carboxylic acids is 1. The van der Waals surface area contributed by atoms with E-state index < -0.39 is 25.6 Å². The van der Waals surface area contributed by atoms with E-state index in [-0.39, 0.29) is 17.6 Å². The summed E-state index contributed by atoms with van der Waals surface area (Å²) in [7, 11) is 0. The van der Waals surface area contributed by atoms with E-state index in [9.17, 15) is 22.4 Å². The van der Waals surface area contributed by atoms with Gasteiger partial charge in [0.15, 0.2) is 5.78 Å². The Balaban J connectivity index is 3.73. The van der Waals surface area contributed by atoms with Gasteiger partial charge in [-0.15, -0.1) is 0 Å². The first-order valence-corrected chi connectivity index (χ1v) is 5.80. The van der Waals surface area contributed by atoms with Gasteiger partial charge in [0.1, 0.15) is 13.2 Å². The minimum absolute atomic E-state index is 0.101. The van der Waals surface area contributed by atoms with Crippen molar-refractivity contribution in [1.29, 1.82) is 0 Å². The highest BCUT2D eigenvalue weighted by Gasteiger charge is 2.41. The maximum absolute atomic E-state index is 12.4. The first-order valence-electron chi connectivity index (χ1n) is 5.80. The maximum Gasteiger partial charge on any atom is 0.330 e. The zero-order chi connectivity index (χ0) is 14.4. The minimum Gasteiger partial charge on any atom is -0.367 e. The lowest BCUT2D eigenvalue weighted by Gasteiger charge is -2.17. The Morgan fingerprint density at radius 3 is 2.22 bits per heavy atom. The summed E-state index contributed by atoms with van der Waals surface area (Å²) in [5, 5.41) is 0. The van der Waals surface area contributed by atoms with Gasteiger partial charge in [0, 0.05) is 6.42 Å². The first-order chi connectivity index (χ1) is 8.04. The van der Waals surface area contributed by atoms with Crippen LogP contribution in [0.15, 0.2) is 0 Å². The molecule has 0 saturated heterocycles. The molecule has 108 valence electrons. The van der Waals surface area contributed by atoms with Crippen LogP contribution in [-0.4, -0.2) is 31.3 Å². The largest absolute Gasteiger partial charge is 0.367 e. The molecule has 0 aromatic rings. The summed E-state index contributed by atoms with van der Waals surface area (Å²) in [5.41, 5.74) is 0.101. The number of Topliss-reactive ketones (excluding diaryl/α,β-unsaturated/α-hetero) is 1. The van der Waals surface area contributed by atoms with Gasteiger partial charge >= 0.3 is 12.3 Å². The number of halogens is 4. The van der Waals surface area contributed by atoms with Gasteiger partial charge < -0.3 is 4.74 Å². The molecule has 0 bridgehead atoms. The van der Waals surface area contributed by atoms with E-state index in [1.807, 2.05) is 20.8 Å². The summed E-state index contributed by atoms with van der Waals surface area (Å²) in [6, 6.07) is 0. The number of carbonyl (C=O) groups is 1. The second-order valence-electron chi connectivity index (χ2n) is 5.51. The molecule has 2 nitrogen and oxygen atoms in total. The van der Waals surface area contributed by atoms with E-state index in [1.54, 1.807) is 0 Å². The van der Waals surface area contributed by atoms with Crippen molar-refractivity contribution < 1.29 is 27.1 Å². The lowest BCUT2D eigenvalue weighted by molar-refractivity contribution is -0.168. The molecule has 0 saturated carbocycles. The zero-order valence-corrected chi connectivity index (χ0v) is 10.9. The van der Waals surface area contributed by atoms with E-state index in [4.69, 9.17) is 0 Å². The van der Waals surface area contributed by atoms with Gasteiger partial charge in [-0.1, -0.05) is 20.8 Å². The SMILES string of the molecule is CC(C)(C)CCCC(=O)COCC(F)(F)C(F)F. The molecule has 0 aromatic heterocycles. The van der Waals surface area contributed by atoms with Crippen LogP contribution < -0.4 is 0 Å². The van der Waals surface area contributed by atoms with Crippen molar-refractivity contribution in [1.82, 2.24) is 0 Å². The summed E-state index contributed by atoms with van der Waals surface area (Å²) in [5.74, 6) is -4.53. The van der Waals surface area contributed by atoms with Crippen molar-refractivity contribution >= 4 is 5.78 Å². The Labute approximate surface area is 105 Å². The number of hydrogen-bond donors (Lipinski definition) is 0. The Morgan fingerprint density at radius 1 is 1.22 bits per heavy atom. The second-order valence-corrected chi connectivity index (χ2v) is 5.51. The van der Waals surface area contributed by atoms with Crippen molar-refractivity contribution in [3.05, 3.63) is 0 Å². The van der Waals surface area contributed by atoms with Crippen molar-refractivity contribution in [2.24, 2.45) is 5.41 Å². The lowest BCUT2D eigenvalue weighted by Crippen LogP contribution is -2.33. The molecule has 0 spiro atoms. The Kier molecular flexibility index (Phi) is 6.81. The average Bonchev–Trinajstić information content (AvgIpc) is 2.14. The lowest BCUT2D eigenvalue weighted by atomic mass is 9.89. The number of rotatable bonds is 8. The molecule has 0 aliphatic heterocycles. The predicted molar refractivity (Wildman–Crippen MR) is 60.1 cm³/mol. The van der Waals surface area contributed by atoms with Crippen LogP contribution in [0, 0.1) is 5.41 Å². The monoisotopic (exact) mass is 272 g/mol. The molecule has 0 heterocycles. The van der Waals surface area contributed by atoms with Gasteiger partial charge in [0.25, 0.3) is 0 Å². The van der Waals surface area contributed by atoms with Crippen molar-refractivity contribution in [3.63, 3.8) is 0 Å². The molecule has 0 fully saturated rings. The molecule has 0 N–H and O–H groups in total.